The normalized spacial score (nSPS) is 44.6. The third kappa shape index (κ3) is 0.973. The average molecular weight is 201 g/mol. The minimum absolute atomic E-state index is 0.156. The van der Waals surface area contributed by atoms with Crippen LogP contribution in [0.4, 0.5) is 0 Å². The van der Waals surface area contributed by atoms with E-state index in [9.17, 15) is 4.79 Å². The first kappa shape index (κ1) is 9.89. The van der Waals surface area contributed by atoms with Gasteiger partial charge in [-0.1, -0.05) is 0 Å². The highest BCUT2D eigenvalue weighted by atomic mass is 16.6. The summed E-state index contributed by atoms with van der Waals surface area (Å²) in [5, 5.41) is 9.11. The molecular formula is C9H15NO4. The Hall–Kier alpha value is -0.650. The zero-order valence-corrected chi connectivity index (χ0v) is 8.16. The van der Waals surface area contributed by atoms with Gasteiger partial charge in [0.1, 0.15) is 5.41 Å². The number of ether oxygens (including phenoxy) is 2. The predicted octanol–water partition coefficient (Wildman–Crippen LogP) is -0.972. The number of hydrogen-bond acceptors (Lipinski definition) is 5. The molecule has 2 bridgehead atoms. The van der Waals surface area contributed by atoms with Gasteiger partial charge in [0, 0.05) is 6.54 Å². The minimum atomic E-state index is -0.636. The minimum Gasteiger partial charge on any atom is -0.469 e. The summed E-state index contributed by atoms with van der Waals surface area (Å²) in [5.41, 5.74) is 4.54. The highest BCUT2D eigenvalue weighted by Gasteiger charge is 2.71. The highest BCUT2D eigenvalue weighted by Crippen LogP contribution is 2.61. The van der Waals surface area contributed by atoms with Crippen molar-refractivity contribution in [3.63, 3.8) is 0 Å². The van der Waals surface area contributed by atoms with Crippen LogP contribution >= 0.6 is 0 Å². The molecule has 1 atom stereocenters. The number of aliphatic hydroxyl groups excluding tert-OH is 1. The Morgan fingerprint density at radius 1 is 1.71 bits per heavy atom. The Kier molecular flexibility index (Phi) is 2.06. The lowest BCUT2D eigenvalue weighted by Gasteiger charge is -2.42. The van der Waals surface area contributed by atoms with Crippen LogP contribution in [0.2, 0.25) is 0 Å². The second-order valence-corrected chi connectivity index (χ2v) is 4.18. The highest BCUT2D eigenvalue weighted by molar-refractivity contribution is 5.80. The van der Waals surface area contributed by atoms with Crippen molar-refractivity contribution in [2.24, 2.45) is 11.1 Å². The number of methoxy groups -OCH3 is 1. The van der Waals surface area contributed by atoms with E-state index in [1.54, 1.807) is 0 Å². The molecule has 2 heterocycles. The van der Waals surface area contributed by atoms with Gasteiger partial charge in [0.25, 0.3) is 0 Å². The van der Waals surface area contributed by atoms with E-state index in [-0.39, 0.29) is 18.2 Å². The molecule has 14 heavy (non-hydrogen) atoms. The van der Waals surface area contributed by atoms with Gasteiger partial charge < -0.3 is 20.3 Å². The molecule has 2 saturated heterocycles. The lowest BCUT2D eigenvalue weighted by Crippen LogP contribution is -2.54. The van der Waals surface area contributed by atoms with Crippen molar-refractivity contribution in [3.8, 4) is 0 Å². The number of rotatable bonds is 3. The molecule has 0 spiro atoms. The Labute approximate surface area is 82.2 Å². The van der Waals surface area contributed by atoms with E-state index in [0.717, 1.165) is 0 Å². The van der Waals surface area contributed by atoms with E-state index in [0.29, 0.717) is 19.4 Å². The molecule has 0 radical (unpaired) electrons. The molecule has 5 nitrogen and oxygen atoms in total. The van der Waals surface area contributed by atoms with Crippen LogP contribution in [0, 0.1) is 5.41 Å². The molecule has 3 N–H and O–H groups in total. The number of aliphatic hydroxyl groups is 1. The first-order valence-corrected chi connectivity index (χ1v) is 4.70. The predicted molar refractivity (Wildman–Crippen MR) is 47.4 cm³/mol. The van der Waals surface area contributed by atoms with Crippen LogP contribution in [0.15, 0.2) is 0 Å². The van der Waals surface area contributed by atoms with Crippen molar-refractivity contribution in [2.75, 3.05) is 20.3 Å². The summed E-state index contributed by atoms with van der Waals surface area (Å²) in [4.78, 5) is 11.5. The second kappa shape index (κ2) is 2.92. The van der Waals surface area contributed by atoms with Crippen LogP contribution < -0.4 is 5.73 Å². The summed E-state index contributed by atoms with van der Waals surface area (Å²) < 4.78 is 10.3. The first-order chi connectivity index (χ1) is 6.62. The molecule has 3 rings (SSSR count). The fourth-order valence-corrected chi connectivity index (χ4v) is 2.71. The van der Waals surface area contributed by atoms with Crippen molar-refractivity contribution in [1.82, 2.24) is 0 Å². The molecule has 3 fully saturated rings. The third-order valence-electron chi connectivity index (χ3n) is 3.41. The monoisotopic (exact) mass is 201 g/mol. The molecule has 1 unspecified atom stereocenters. The van der Waals surface area contributed by atoms with Gasteiger partial charge >= 0.3 is 5.97 Å². The van der Waals surface area contributed by atoms with Crippen molar-refractivity contribution < 1.29 is 19.4 Å². The summed E-state index contributed by atoms with van der Waals surface area (Å²) in [7, 11) is 1.35. The van der Waals surface area contributed by atoms with Crippen molar-refractivity contribution in [2.45, 2.75) is 24.5 Å². The zero-order chi connectivity index (χ0) is 10.4. The van der Waals surface area contributed by atoms with Gasteiger partial charge in [0.2, 0.25) is 0 Å². The van der Waals surface area contributed by atoms with Gasteiger partial charge in [-0.3, -0.25) is 4.79 Å². The van der Waals surface area contributed by atoms with Crippen LogP contribution in [0.5, 0.6) is 0 Å². The number of carbonyl (C=O) groups excluding carboxylic acids is 1. The lowest BCUT2D eigenvalue weighted by atomic mass is 9.60. The summed E-state index contributed by atoms with van der Waals surface area (Å²) in [6.07, 6.45) is 0.710. The standard InChI is InChI=1S/C9H15NO4/c1-13-7(12)9-3-8(4-9,5-10)14-6(9)2-11/h6,11H,2-5,10H2,1H3. The fraction of sp³-hybridized carbons (Fsp3) is 0.889. The van der Waals surface area contributed by atoms with Crippen LogP contribution in [-0.2, 0) is 14.3 Å². The molecule has 80 valence electrons. The summed E-state index contributed by atoms with van der Waals surface area (Å²) >= 11 is 0. The van der Waals surface area contributed by atoms with Crippen LogP contribution in [0.3, 0.4) is 0 Å². The Bertz CT molecular complexity index is 260. The Morgan fingerprint density at radius 3 is 2.79 bits per heavy atom. The maximum atomic E-state index is 11.5. The van der Waals surface area contributed by atoms with Crippen LogP contribution in [-0.4, -0.2) is 43.0 Å². The SMILES string of the molecule is COC(=O)C12CC(CN)(C1)OC2CO. The molecule has 1 saturated carbocycles. The van der Waals surface area contributed by atoms with E-state index in [1.807, 2.05) is 0 Å². The lowest BCUT2D eigenvalue weighted by molar-refractivity contribution is -0.159. The number of nitrogens with two attached hydrogens (primary N) is 1. The van der Waals surface area contributed by atoms with Gasteiger partial charge in [-0.2, -0.15) is 0 Å². The smallest absolute Gasteiger partial charge is 0.314 e. The van der Waals surface area contributed by atoms with E-state index in [4.69, 9.17) is 20.3 Å². The van der Waals surface area contributed by atoms with Crippen LogP contribution in [0.25, 0.3) is 0 Å². The zero-order valence-electron chi connectivity index (χ0n) is 8.16. The largest absolute Gasteiger partial charge is 0.469 e. The van der Waals surface area contributed by atoms with E-state index in [1.165, 1.54) is 7.11 Å². The van der Waals surface area contributed by atoms with Crippen LogP contribution in [0.1, 0.15) is 12.8 Å². The van der Waals surface area contributed by atoms with Gasteiger partial charge in [-0.25, -0.2) is 0 Å². The molecule has 0 aromatic rings. The number of esters is 1. The van der Waals surface area contributed by atoms with Crippen molar-refractivity contribution >= 4 is 5.97 Å². The Balaban J connectivity index is 2.19. The third-order valence-corrected chi connectivity index (χ3v) is 3.41. The molecule has 0 amide bonds. The van der Waals surface area contributed by atoms with Gasteiger partial charge in [0.15, 0.2) is 0 Å². The number of hydrogen-bond donors (Lipinski definition) is 2. The molecule has 1 aliphatic carbocycles. The molecule has 3 aliphatic rings. The maximum absolute atomic E-state index is 11.5. The first-order valence-electron chi connectivity index (χ1n) is 4.70. The van der Waals surface area contributed by atoms with E-state index < -0.39 is 11.5 Å². The molecular weight excluding hydrogens is 186 g/mol. The molecule has 2 aliphatic heterocycles. The Morgan fingerprint density at radius 2 is 2.36 bits per heavy atom. The molecule has 5 heteroatoms. The van der Waals surface area contributed by atoms with Crippen molar-refractivity contribution in [3.05, 3.63) is 0 Å². The second-order valence-electron chi connectivity index (χ2n) is 4.18. The van der Waals surface area contributed by atoms with Crippen molar-refractivity contribution in [1.29, 1.82) is 0 Å². The maximum Gasteiger partial charge on any atom is 0.314 e. The van der Waals surface area contributed by atoms with E-state index >= 15 is 0 Å². The number of fused-ring (bicyclic) bond motifs is 1. The fourth-order valence-electron chi connectivity index (χ4n) is 2.71. The van der Waals surface area contributed by atoms with E-state index in [2.05, 4.69) is 0 Å². The van der Waals surface area contributed by atoms with Gasteiger partial charge in [-0.05, 0) is 12.8 Å². The van der Waals surface area contributed by atoms with Gasteiger partial charge in [-0.15, -0.1) is 0 Å². The number of carbonyl (C=O) groups is 1. The summed E-state index contributed by atoms with van der Waals surface area (Å²) in [5.74, 6) is -0.293. The summed E-state index contributed by atoms with van der Waals surface area (Å²) in [6, 6.07) is 0. The quantitative estimate of drug-likeness (QED) is 0.574. The summed E-state index contributed by atoms with van der Waals surface area (Å²) in [6.45, 7) is 0.235. The molecule has 0 aromatic carbocycles. The average Bonchev–Trinajstić information content (AvgIpc) is 2.66. The topological polar surface area (TPSA) is 81.8 Å². The molecule has 0 aromatic heterocycles. The van der Waals surface area contributed by atoms with Gasteiger partial charge in [0.05, 0.1) is 25.4 Å².